The van der Waals surface area contributed by atoms with Crippen LogP contribution in [-0.4, -0.2) is 11.6 Å². The zero-order chi connectivity index (χ0) is 15.4. The van der Waals surface area contributed by atoms with Crippen molar-refractivity contribution < 1.29 is 4.79 Å². The largest absolute Gasteiger partial charge is 0.398 e. The van der Waals surface area contributed by atoms with Crippen LogP contribution in [0.2, 0.25) is 0 Å². The minimum atomic E-state index is -0.290. The molecule has 2 aromatic carbocycles. The highest BCUT2D eigenvalue weighted by Crippen LogP contribution is 2.22. The maximum absolute atomic E-state index is 11.3. The second-order valence-corrected chi connectivity index (χ2v) is 5.30. The van der Waals surface area contributed by atoms with E-state index in [1.165, 1.54) is 6.08 Å². The molecule has 21 heavy (non-hydrogen) atoms. The number of benzene rings is 2. The molecule has 0 aliphatic heterocycles. The number of hydrogen-bond acceptors (Lipinski definition) is 3. The third kappa shape index (κ3) is 3.58. The van der Waals surface area contributed by atoms with Gasteiger partial charge in [0.2, 0.25) is 5.91 Å². The molecule has 106 valence electrons. The minimum Gasteiger partial charge on any atom is -0.398 e. The van der Waals surface area contributed by atoms with E-state index in [-0.39, 0.29) is 5.91 Å². The quantitative estimate of drug-likeness (QED) is 0.450. The van der Waals surface area contributed by atoms with Crippen molar-refractivity contribution in [2.75, 3.05) is 11.1 Å². The smallest absolute Gasteiger partial charge is 0.247 e. The van der Waals surface area contributed by atoms with E-state index in [0.717, 1.165) is 4.47 Å². The Labute approximate surface area is 131 Å². The van der Waals surface area contributed by atoms with Gasteiger partial charge in [0.05, 0.1) is 5.71 Å². The third-order valence-corrected chi connectivity index (χ3v) is 3.38. The van der Waals surface area contributed by atoms with Gasteiger partial charge in [-0.25, -0.2) is 0 Å². The van der Waals surface area contributed by atoms with Crippen LogP contribution in [-0.2, 0) is 4.79 Å². The summed E-state index contributed by atoms with van der Waals surface area (Å²) >= 11 is 3.34. The first kappa shape index (κ1) is 15.0. The Kier molecular flexibility index (Phi) is 4.55. The molecule has 0 aliphatic carbocycles. The van der Waals surface area contributed by atoms with Gasteiger partial charge in [-0.15, -0.1) is 0 Å². The van der Waals surface area contributed by atoms with E-state index in [4.69, 9.17) is 11.1 Å². The van der Waals surface area contributed by atoms with Crippen LogP contribution in [0.4, 0.5) is 11.4 Å². The molecule has 0 saturated heterocycles. The molecule has 2 aromatic rings. The van der Waals surface area contributed by atoms with Crippen molar-refractivity contribution in [3.8, 4) is 0 Å². The number of amides is 1. The van der Waals surface area contributed by atoms with E-state index in [2.05, 4.69) is 27.8 Å². The summed E-state index contributed by atoms with van der Waals surface area (Å²) in [5, 5.41) is 10.9. The normalized spacial score (nSPS) is 9.95. The number of anilines is 2. The van der Waals surface area contributed by atoms with E-state index in [9.17, 15) is 4.79 Å². The Morgan fingerprint density at radius 2 is 2.05 bits per heavy atom. The highest BCUT2D eigenvalue weighted by molar-refractivity contribution is 9.10. The van der Waals surface area contributed by atoms with Gasteiger partial charge >= 0.3 is 0 Å². The fourth-order valence-corrected chi connectivity index (χ4v) is 2.24. The van der Waals surface area contributed by atoms with Gasteiger partial charge in [0.1, 0.15) is 0 Å². The molecule has 0 radical (unpaired) electrons. The number of nitrogens with two attached hydrogens (primary N) is 1. The lowest BCUT2D eigenvalue weighted by molar-refractivity contribution is -0.111. The first-order valence-corrected chi connectivity index (χ1v) is 6.98. The molecule has 0 atom stereocenters. The fourth-order valence-electron chi connectivity index (χ4n) is 1.86. The molecule has 4 N–H and O–H groups in total. The Hall–Kier alpha value is -2.40. The number of nitrogens with one attached hydrogen (secondary N) is 2. The molecule has 0 fully saturated rings. The van der Waals surface area contributed by atoms with Crippen molar-refractivity contribution in [3.63, 3.8) is 0 Å². The molecule has 0 aliphatic rings. The van der Waals surface area contributed by atoms with Crippen molar-refractivity contribution in [1.82, 2.24) is 0 Å². The maximum atomic E-state index is 11.3. The predicted octanol–water partition coefficient (Wildman–Crippen LogP) is 3.57. The Morgan fingerprint density at radius 3 is 2.71 bits per heavy atom. The Balaban J connectivity index is 2.33. The van der Waals surface area contributed by atoms with Gasteiger partial charge in [0, 0.05) is 27.0 Å². The Morgan fingerprint density at radius 1 is 1.29 bits per heavy atom. The van der Waals surface area contributed by atoms with Crippen molar-refractivity contribution in [3.05, 3.63) is 70.7 Å². The summed E-state index contributed by atoms with van der Waals surface area (Å²) < 4.78 is 0.864. The second-order valence-electron chi connectivity index (χ2n) is 4.38. The Bertz CT molecular complexity index is 725. The zero-order valence-corrected chi connectivity index (χ0v) is 12.8. The summed E-state index contributed by atoms with van der Waals surface area (Å²) in [6.45, 7) is 3.41. The molecular weight excluding hydrogens is 330 g/mol. The predicted molar refractivity (Wildman–Crippen MR) is 89.8 cm³/mol. The first-order chi connectivity index (χ1) is 10.0. The SMILES string of the molecule is C=CC(=O)Nc1cccc(C(=N)c2ccc(Br)cc2N)c1. The van der Waals surface area contributed by atoms with Crippen molar-refractivity contribution >= 4 is 38.9 Å². The summed E-state index contributed by atoms with van der Waals surface area (Å²) in [7, 11) is 0. The number of rotatable bonds is 4. The highest BCUT2D eigenvalue weighted by Gasteiger charge is 2.09. The fraction of sp³-hybridized carbons (Fsp3) is 0. The van der Waals surface area contributed by atoms with Crippen LogP contribution in [0, 0.1) is 5.41 Å². The average Bonchev–Trinajstić information content (AvgIpc) is 2.47. The van der Waals surface area contributed by atoms with E-state index in [0.29, 0.717) is 28.2 Å². The molecule has 0 spiro atoms. The number of carbonyl (C=O) groups is 1. The average molecular weight is 344 g/mol. The van der Waals surface area contributed by atoms with Crippen LogP contribution in [0.25, 0.3) is 0 Å². The van der Waals surface area contributed by atoms with Gasteiger partial charge in [-0.1, -0.05) is 34.6 Å². The lowest BCUT2D eigenvalue weighted by Crippen LogP contribution is -2.09. The summed E-state index contributed by atoms with van der Waals surface area (Å²) in [5.41, 5.74) is 8.69. The lowest BCUT2D eigenvalue weighted by atomic mass is 10.0. The van der Waals surface area contributed by atoms with E-state index < -0.39 is 0 Å². The van der Waals surface area contributed by atoms with Gasteiger partial charge in [-0.05, 0) is 36.4 Å². The molecular formula is C16H14BrN3O. The van der Waals surface area contributed by atoms with Gasteiger partial charge in [0.15, 0.2) is 0 Å². The molecule has 0 aromatic heterocycles. The summed E-state index contributed by atoms with van der Waals surface area (Å²) in [4.78, 5) is 11.3. The number of nitrogen functional groups attached to an aromatic ring is 1. The van der Waals surface area contributed by atoms with Crippen LogP contribution in [0.5, 0.6) is 0 Å². The van der Waals surface area contributed by atoms with Crippen LogP contribution in [0.1, 0.15) is 11.1 Å². The van der Waals surface area contributed by atoms with Crippen LogP contribution in [0.3, 0.4) is 0 Å². The number of halogens is 1. The minimum absolute atomic E-state index is 0.290. The van der Waals surface area contributed by atoms with Crippen molar-refractivity contribution in [1.29, 1.82) is 5.41 Å². The van der Waals surface area contributed by atoms with E-state index in [1.807, 2.05) is 6.07 Å². The molecule has 2 rings (SSSR count). The first-order valence-electron chi connectivity index (χ1n) is 6.19. The van der Waals surface area contributed by atoms with Crippen LogP contribution < -0.4 is 11.1 Å². The number of hydrogen-bond donors (Lipinski definition) is 3. The molecule has 5 heteroatoms. The van der Waals surface area contributed by atoms with E-state index >= 15 is 0 Å². The monoisotopic (exact) mass is 343 g/mol. The van der Waals surface area contributed by atoms with E-state index in [1.54, 1.807) is 36.4 Å². The lowest BCUT2D eigenvalue weighted by Gasteiger charge is -2.10. The summed E-state index contributed by atoms with van der Waals surface area (Å²) in [6, 6.07) is 12.4. The molecule has 0 saturated carbocycles. The molecule has 0 heterocycles. The van der Waals surface area contributed by atoms with Crippen molar-refractivity contribution in [2.45, 2.75) is 0 Å². The molecule has 0 bridgehead atoms. The third-order valence-electron chi connectivity index (χ3n) is 2.89. The van der Waals surface area contributed by atoms with Crippen LogP contribution in [0.15, 0.2) is 59.6 Å². The van der Waals surface area contributed by atoms with Crippen LogP contribution >= 0.6 is 15.9 Å². The number of carbonyl (C=O) groups excluding carboxylic acids is 1. The topological polar surface area (TPSA) is 79.0 Å². The maximum Gasteiger partial charge on any atom is 0.247 e. The van der Waals surface area contributed by atoms with Crippen molar-refractivity contribution in [2.24, 2.45) is 0 Å². The zero-order valence-electron chi connectivity index (χ0n) is 11.2. The summed E-state index contributed by atoms with van der Waals surface area (Å²) in [6.07, 6.45) is 1.20. The van der Waals surface area contributed by atoms with Gasteiger partial charge in [-0.2, -0.15) is 0 Å². The molecule has 0 unspecified atom stereocenters. The summed E-state index contributed by atoms with van der Waals surface area (Å²) in [5.74, 6) is -0.290. The molecule has 4 nitrogen and oxygen atoms in total. The van der Waals surface area contributed by atoms with Gasteiger partial charge in [0.25, 0.3) is 0 Å². The highest BCUT2D eigenvalue weighted by atomic mass is 79.9. The standard InChI is InChI=1S/C16H14BrN3O/c1-2-15(21)20-12-5-3-4-10(8-12)16(19)13-7-6-11(17)9-14(13)18/h2-9,19H,1,18H2,(H,20,21). The van der Waals surface area contributed by atoms with Gasteiger partial charge < -0.3 is 11.1 Å². The molecule has 1 amide bonds. The second kappa shape index (κ2) is 6.37. The van der Waals surface area contributed by atoms with Gasteiger partial charge in [-0.3, -0.25) is 10.2 Å².